The minimum Gasteiger partial charge on any atom is -0.341 e. The van der Waals surface area contributed by atoms with Crippen molar-refractivity contribution < 1.29 is 4.79 Å². The Hall–Kier alpha value is -2.09. The van der Waals surface area contributed by atoms with Crippen molar-refractivity contribution in [2.75, 3.05) is 13.6 Å². The van der Waals surface area contributed by atoms with E-state index in [2.05, 4.69) is 12.1 Å². The predicted octanol–water partition coefficient (Wildman–Crippen LogP) is 3.62. The van der Waals surface area contributed by atoms with E-state index in [1.54, 1.807) is 4.90 Å². The number of benzene rings is 2. The summed E-state index contributed by atoms with van der Waals surface area (Å²) in [7, 11) is 1.87. The van der Waals surface area contributed by atoms with Crippen molar-refractivity contribution in [2.45, 2.75) is 20.3 Å². The number of rotatable bonds is 4. The van der Waals surface area contributed by atoms with Crippen LogP contribution in [0.25, 0.3) is 0 Å². The molecule has 0 unspecified atom stereocenters. The number of likely N-dealkylation sites (N-methyl/N-ethyl adjacent to an activating group) is 1. The van der Waals surface area contributed by atoms with Crippen molar-refractivity contribution in [3.05, 3.63) is 70.8 Å². The van der Waals surface area contributed by atoms with Gasteiger partial charge in [-0.15, -0.1) is 0 Å². The highest BCUT2D eigenvalue weighted by Crippen LogP contribution is 2.13. The Morgan fingerprint density at radius 3 is 2.45 bits per heavy atom. The molecule has 0 aliphatic carbocycles. The van der Waals surface area contributed by atoms with E-state index in [1.165, 1.54) is 5.56 Å². The van der Waals surface area contributed by atoms with Gasteiger partial charge in [-0.3, -0.25) is 4.79 Å². The molecule has 0 radical (unpaired) electrons. The molecule has 0 saturated carbocycles. The molecular formula is C18H21NO. The molecule has 0 saturated heterocycles. The van der Waals surface area contributed by atoms with Gasteiger partial charge in [0.25, 0.3) is 5.91 Å². The fourth-order valence-corrected chi connectivity index (χ4v) is 2.21. The number of hydrogen-bond acceptors (Lipinski definition) is 1. The van der Waals surface area contributed by atoms with Crippen molar-refractivity contribution in [3.63, 3.8) is 0 Å². The molecule has 2 heteroatoms. The molecule has 2 aromatic rings. The molecule has 0 atom stereocenters. The van der Waals surface area contributed by atoms with Gasteiger partial charge in [-0.1, -0.05) is 48.0 Å². The predicted molar refractivity (Wildman–Crippen MR) is 83.0 cm³/mol. The summed E-state index contributed by atoms with van der Waals surface area (Å²) in [5, 5.41) is 0. The first-order valence-electron chi connectivity index (χ1n) is 6.94. The summed E-state index contributed by atoms with van der Waals surface area (Å²) in [4.78, 5) is 14.3. The van der Waals surface area contributed by atoms with Crippen molar-refractivity contribution >= 4 is 5.91 Å². The maximum absolute atomic E-state index is 12.5. The van der Waals surface area contributed by atoms with Crippen LogP contribution in [0, 0.1) is 13.8 Å². The van der Waals surface area contributed by atoms with Crippen molar-refractivity contribution in [3.8, 4) is 0 Å². The van der Waals surface area contributed by atoms with E-state index >= 15 is 0 Å². The lowest BCUT2D eigenvalue weighted by atomic mass is 10.0. The average Bonchev–Trinajstić information content (AvgIpc) is 2.47. The van der Waals surface area contributed by atoms with E-state index < -0.39 is 0 Å². The molecule has 1 amide bonds. The van der Waals surface area contributed by atoms with Crippen LogP contribution in [0.3, 0.4) is 0 Å². The third-order valence-electron chi connectivity index (χ3n) is 3.55. The fourth-order valence-electron chi connectivity index (χ4n) is 2.21. The molecule has 2 nitrogen and oxygen atoms in total. The summed E-state index contributed by atoms with van der Waals surface area (Å²) in [6.07, 6.45) is 0.883. The van der Waals surface area contributed by atoms with E-state index in [0.29, 0.717) is 0 Å². The molecule has 0 bridgehead atoms. The summed E-state index contributed by atoms with van der Waals surface area (Å²) in [6, 6.07) is 16.3. The van der Waals surface area contributed by atoms with Gasteiger partial charge < -0.3 is 4.90 Å². The number of carbonyl (C=O) groups is 1. The Balaban J connectivity index is 2.03. The Labute approximate surface area is 121 Å². The first kappa shape index (κ1) is 14.3. The van der Waals surface area contributed by atoms with Crippen LogP contribution in [0.15, 0.2) is 48.5 Å². The second-order valence-corrected chi connectivity index (χ2v) is 5.28. The highest BCUT2D eigenvalue weighted by molar-refractivity contribution is 5.95. The summed E-state index contributed by atoms with van der Waals surface area (Å²) in [6.45, 7) is 4.73. The van der Waals surface area contributed by atoms with Gasteiger partial charge in [-0.25, -0.2) is 0 Å². The molecule has 0 aromatic heterocycles. The summed E-state index contributed by atoms with van der Waals surface area (Å²) in [5.74, 6) is 0.0992. The van der Waals surface area contributed by atoms with Crippen molar-refractivity contribution in [1.82, 2.24) is 4.90 Å². The maximum atomic E-state index is 12.5. The van der Waals surface area contributed by atoms with Crippen molar-refractivity contribution in [1.29, 1.82) is 0 Å². The number of aryl methyl sites for hydroxylation is 2. The summed E-state index contributed by atoms with van der Waals surface area (Å²) < 4.78 is 0. The van der Waals surface area contributed by atoms with Gasteiger partial charge in [-0.2, -0.15) is 0 Å². The number of carbonyl (C=O) groups excluding carboxylic acids is 1. The van der Waals surface area contributed by atoms with Gasteiger partial charge >= 0.3 is 0 Å². The molecule has 0 N–H and O–H groups in total. The van der Waals surface area contributed by atoms with Gasteiger partial charge in [0.1, 0.15) is 0 Å². The van der Waals surface area contributed by atoms with Crippen molar-refractivity contribution in [2.24, 2.45) is 0 Å². The number of hydrogen-bond donors (Lipinski definition) is 0. The number of nitrogens with zero attached hydrogens (tertiary/aromatic N) is 1. The van der Waals surface area contributed by atoms with Gasteiger partial charge in [-0.05, 0) is 37.5 Å². The highest BCUT2D eigenvalue weighted by Gasteiger charge is 2.13. The van der Waals surface area contributed by atoms with Gasteiger partial charge in [0, 0.05) is 19.2 Å². The largest absolute Gasteiger partial charge is 0.341 e. The molecule has 2 rings (SSSR count). The van der Waals surface area contributed by atoms with E-state index in [9.17, 15) is 4.79 Å². The standard InChI is InChI=1S/C18H21NO/c1-14-9-10-15(2)17(13-14)18(20)19(3)12-11-16-7-5-4-6-8-16/h4-10,13H,11-12H2,1-3H3. The monoisotopic (exact) mass is 267 g/mol. The fraction of sp³-hybridized carbons (Fsp3) is 0.278. The molecule has 0 fully saturated rings. The van der Waals surface area contributed by atoms with Gasteiger partial charge in [0.15, 0.2) is 0 Å². The van der Waals surface area contributed by atoms with Crippen LogP contribution in [0.1, 0.15) is 27.0 Å². The zero-order chi connectivity index (χ0) is 14.5. The Bertz CT molecular complexity index is 590. The van der Waals surface area contributed by atoms with E-state index in [4.69, 9.17) is 0 Å². The number of amides is 1. The second kappa shape index (κ2) is 6.38. The first-order chi connectivity index (χ1) is 9.58. The third-order valence-corrected chi connectivity index (χ3v) is 3.55. The van der Waals surface area contributed by atoms with E-state index in [0.717, 1.165) is 29.7 Å². The normalized spacial score (nSPS) is 10.3. The quantitative estimate of drug-likeness (QED) is 0.828. The average molecular weight is 267 g/mol. The van der Waals surface area contributed by atoms with Gasteiger partial charge in [0.05, 0.1) is 0 Å². The maximum Gasteiger partial charge on any atom is 0.253 e. The van der Waals surface area contributed by atoms with Crippen LogP contribution in [-0.2, 0) is 6.42 Å². The Morgan fingerprint density at radius 1 is 1.05 bits per heavy atom. The van der Waals surface area contributed by atoms with E-state index in [-0.39, 0.29) is 5.91 Å². The lowest BCUT2D eigenvalue weighted by Crippen LogP contribution is -2.29. The Kier molecular flexibility index (Phi) is 4.57. The van der Waals surface area contributed by atoms with Crippen LogP contribution in [0.4, 0.5) is 0 Å². The second-order valence-electron chi connectivity index (χ2n) is 5.28. The molecule has 20 heavy (non-hydrogen) atoms. The molecule has 104 valence electrons. The molecular weight excluding hydrogens is 246 g/mol. The van der Waals surface area contributed by atoms with Gasteiger partial charge in [0.2, 0.25) is 0 Å². The van der Waals surface area contributed by atoms with Crippen LogP contribution < -0.4 is 0 Å². The lowest BCUT2D eigenvalue weighted by Gasteiger charge is -2.18. The summed E-state index contributed by atoms with van der Waals surface area (Å²) >= 11 is 0. The Morgan fingerprint density at radius 2 is 1.75 bits per heavy atom. The minimum absolute atomic E-state index is 0.0992. The molecule has 0 spiro atoms. The topological polar surface area (TPSA) is 20.3 Å². The molecule has 0 heterocycles. The van der Waals surface area contributed by atoms with E-state index in [1.807, 2.05) is 57.3 Å². The zero-order valence-electron chi connectivity index (χ0n) is 12.4. The summed E-state index contributed by atoms with van der Waals surface area (Å²) in [5.41, 5.74) is 4.22. The van der Waals surface area contributed by atoms with Crippen LogP contribution >= 0.6 is 0 Å². The minimum atomic E-state index is 0.0992. The SMILES string of the molecule is Cc1ccc(C)c(C(=O)N(C)CCc2ccccc2)c1. The van der Waals surface area contributed by atoms with Crippen LogP contribution in [0.5, 0.6) is 0 Å². The van der Waals surface area contributed by atoms with Crippen LogP contribution in [-0.4, -0.2) is 24.4 Å². The third kappa shape index (κ3) is 3.47. The molecule has 0 aliphatic heterocycles. The molecule has 2 aromatic carbocycles. The van der Waals surface area contributed by atoms with Crippen LogP contribution in [0.2, 0.25) is 0 Å². The first-order valence-corrected chi connectivity index (χ1v) is 6.94. The zero-order valence-corrected chi connectivity index (χ0v) is 12.4. The lowest BCUT2D eigenvalue weighted by molar-refractivity contribution is 0.0796. The molecule has 0 aliphatic rings. The smallest absolute Gasteiger partial charge is 0.253 e. The highest BCUT2D eigenvalue weighted by atomic mass is 16.2.